The van der Waals surface area contributed by atoms with Crippen molar-refractivity contribution < 1.29 is 4.39 Å². The fourth-order valence-electron chi connectivity index (χ4n) is 2.31. The van der Waals surface area contributed by atoms with Crippen LogP contribution in [0.25, 0.3) is 10.2 Å². The Kier molecular flexibility index (Phi) is 5.51. The highest BCUT2D eigenvalue weighted by Gasteiger charge is 2.21. The van der Waals surface area contributed by atoms with E-state index < -0.39 is 12.2 Å². The van der Waals surface area contributed by atoms with Gasteiger partial charge < -0.3 is 11.1 Å². The third-order valence-corrected chi connectivity index (χ3v) is 6.68. The molecular weight excluding hydrogens is 361 g/mol. The number of nitrogens with zero attached hydrogens (tertiary/aromatic N) is 1. The Bertz CT molecular complexity index is 868. The lowest BCUT2D eigenvalue weighted by molar-refractivity contribution is 0.305. The number of rotatable bonds is 6. The van der Waals surface area contributed by atoms with Gasteiger partial charge in [-0.15, -0.1) is 28.6 Å². The molecular formula is C17H18FN3S3. The van der Waals surface area contributed by atoms with Gasteiger partial charge >= 0.3 is 0 Å². The highest BCUT2D eigenvalue weighted by Crippen LogP contribution is 2.39. The zero-order valence-corrected chi connectivity index (χ0v) is 15.9. The topological polar surface area (TPSA) is 50.9 Å². The normalized spacial score (nSPS) is 13.5. The van der Waals surface area contributed by atoms with Gasteiger partial charge in [-0.3, -0.25) is 0 Å². The molecule has 126 valence electrons. The number of hydrogen-bond acceptors (Lipinski definition) is 6. The minimum Gasteiger partial charge on any atom is -0.370 e. The zero-order valence-electron chi connectivity index (χ0n) is 13.4. The summed E-state index contributed by atoms with van der Waals surface area (Å²) >= 11 is 4.79. The third-order valence-electron chi connectivity index (χ3n) is 3.65. The van der Waals surface area contributed by atoms with Crippen LogP contribution in [0.15, 0.2) is 17.5 Å². The molecule has 0 fully saturated rings. The van der Waals surface area contributed by atoms with Crippen LogP contribution in [-0.2, 0) is 13.0 Å². The van der Waals surface area contributed by atoms with Gasteiger partial charge in [-0.05, 0) is 36.8 Å². The summed E-state index contributed by atoms with van der Waals surface area (Å²) in [5.74, 6) is 6.06. The second-order valence-corrected chi connectivity index (χ2v) is 8.35. The van der Waals surface area contributed by atoms with Crippen LogP contribution in [-0.4, -0.2) is 16.6 Å². The molecule has 3 aromatic heterocycles. The van der Waals surface area contributed by atoms with Crippen molar-refractivity contribution >= 4 is 49.4 Å². The summed E-state index contributed by atoms with van der Waals surface area (Å²) in [6, 6.07) is 3.63. The van der Waals surface area contributed by atoms with E-state index in [0.717, 1.165) is 32.2 Å². The molecule has 7 heteroatoms. The van der Waals surface area contributed by atoms with Gasteiger partial charge in [-0.1, -0.05) is 12.0 Å². The molecule has 0 unspecified atom stereocenters. The fraction of sp³-hybridized carbons (Fsp3) is 0.353. The first-order valence-electron chi connectivity index (χ1n) is 7.59. The van der Waals surface area contributed by atoms with Crippen molar-refractivity contribution in [2.24, 2.45) is 5.73 Å². The molecule has 24 heavy (non-hydrogen) atoms. The van der Waals surface area contributed by atoms with Crippen LogP contribution in [0.1, 0.15) is 29.2 Å². The molecule has 3 aromatic rings. The average molecular weight is 380 g/mol. The van der Waals surface area contributed by atoms with Gasteiger partial charge in [0.15, 0.2) is 0 Å². The van der Waals surface area contributed by atoms with Gasteiger partial charge in [-0.25, -0.2) is 4.39 Å². The number of anilines is 1. The van der Waals surface area contributed by atoms with Crippen LogP contribution in [0, 0.1) is 11.8 Å². The van der Waals surface area contributed by atoms with E-state index in [2.05, 4.69) is 33.0 Å². The minimum absolute atomic E-state index is 0.484. The first-order chi connectivity index (χ1) is 11.6. The Morgan fingerprint density at radius 3 is 2.96 bits per heavy atom. The summed E-state index contributed by atoms with van der Waals surface area (Å²) in [6.07, 6.45) is -0.561. The molecule has 3 N–H and O–H groups in total. The lowest BCUT2D eigenvalue weighted by Crippen LogP contribution is -2.31. The highest BCUT2D eigenvalue weighted by molar-refractivity contribution is 7.24. The summed E-state index contributed by atoms with van der Waals surface area (Å²) < 4.78 is 19.1. The zero-order chi connectivity index (χ0) is 17.1. The van der Waals surface area contributed by atoms with E-state index in [4.69, 9.17) is 5.73 Å². The van der Waals surface area contributed by atoms with E-state index in [9.17, 15) is 4.39 Å². The fourth-order valence-corrected chi connectivity index (χ4v) is 5.11. The molecule has 0 aliphatic rings. The van der Waals surface area contributed by atoms with Crippen LogP contribution >= 0.6 is 34.2 Å². The number of thiophene rings is 2. The molecule has 0 bridgehead atoms. The molecule has 0 aliphatic carbocycles. The molecule has 3 heterocycles. The second kappa shape index (κ2) is 7.62. The van der Waals surface area contributed by atoms with Crippen molar-refractivity contribution in [3.05, 3.63) is 32.8 Å². The van der Waals surface area contributed by atoms with Crippen molar-refractivity contribution in [2.75, 3.05) is 5.32 Å². The predicted molar refractivity (Wildman–Crippen MR) is 104 cm³/mol. The number of aromatic nitrogens is 1. The second-order valence-electron chi connectivity index (χ2n) is 5.44. The van der Waals surface area contributed by atoms with Crippen LogP contribution in [0.4, 0.5) is 9.39 Å². The summed E-state index contributed by atoms with van der Waals surface area (Å²) in [4.78, 5) is 2.29. The number of alkyl halides is 1. The SMILES string of the molecule is CC#Cc1c(C[C@@H](N)[C@@H](C)F)sc2c(NCc3cccs3)snc12. The lowest BCUT2D eigenvalue weighted by Gasteiger charge is -2.11. The summed E-state index contributed by atoms with van der Waals surface area (Å²) in [5.41, 5.74) is 7.72. The Hall–Kier alpha value is -1.46. The summed E-state index contributed by atoms with van der Waals surface area (Å²) in [6.45, 7) is 4.07. The van der Waals surface area contributed by atoms with Crippen molar-refractivity contribution in [2.45, 2.75) is 39.0 Å². The van der Waals surface area contributed by atoms with Crippen molar-refractivity contribution in [3.63, 3.8) is 0 Å². The van der Waals surface area contributed by atoms with E-state index in [1.165, 1.54) is 23.3 Å². The first kappa shape index (κ1) is 17.4. The number of halogens is 1. The number of fused-ring (bicyclic) bond motifs is 1. The maximum absolute atomic E-state index is 13.5. The van der Waals surface area contributed by atoms with Crippen LogP contribution < -0.4 is 11.1 Å². The van der Waals surface area contributed by atoms with Crippen molar-refractivity contribution in [3.8, 4) is 11.8 Å². The maximum Gasteiger partial charge on any atom is 0.127 e. The maximum atomic E-state index is 13.5. The molecule has 0 aromatic carbocycles. The standard InChI is InChI=1S/C17H18FN3S3/c1-3-5-12-14(8-13(19)10(2)18)23-16-15(12)21-24-17(16)20-9-11-6-4-7-22-11/h4,6-7,10,13,20H,8-9,19H2,1-2H3/t10-,13-/m1/s1. The number of nitrogens with one attached hydrogen (secondary N) is 1. The summed E-state index contributed by atoms with van der Waals surface area (Å²) in [7, 11) is 0. The van der Waals surface area contributed by atoms with Gasteiger partial charge in [-0.2, -0.15) is 4.37 Å². The Balaban J connectivity index is 1.91. The predicted octanol–water partition coefficient (Wildman–Crippen LogP) is 4.63. The van der Waals surface area contributed by atoms with Gasteiger partial charge in [0.25, 0.3) is 0 Å². The lowest BCUT2D eigenvalue weighted by atomic mass is 10.1. The van der Waals surface area contributed by atoms with Crippen LogP contribution in [0.2, 0.25) is 0 Å². The molecule has 0 amide bonds. The third kappa shape index (κ3) is 3.62. The Morgan fingerprint density at radius 1 is 1.46 bits per heavy atom. The van der Waals surface area contributed by atoms with E-state index in [-0.39, 0.29) is 0 Å². The van der Waals surface area contributed by atoms with Gasteiger partial charge in [0.1, 0.15) is 16.7 Å². The molecule has 0 radical (unpaired) electrons. The van der Waals surface area contributed by atoms with Gasteiger partial charge in [0.2, 0.25) is 0 Å². The molecule has 0 spiro atoms. The number of hydrogen-bond donors (Lipinski definition) is 2. The van der Waals surface area contributed by atoms with Crippen LogP contribution in [0.5, 0.6) is 0 Å². The van der Waals surface area contributed by atoms with Crippen molar-refractivity contribution in [1.29, 1.82) is 0 Å². The van der Waals surface area contributed by atoms with E-state index in [1.54, 1.807) is 29.6 Å². The number of nitrogens with two attached hydrogens (primary N) is 1. The van der Waals surface area contributed by atoms with E-state index in [1.807, 2.05) is 6.07 Å². The van der Waals surface area contributed by atoms with Gasteiger partial charge in [0, 0.05) is 22.2 Å². The van der Waals surface area contributed by atoms with Gasteiger partial charge in [0.05, 0.1) is 16.8 Å². The molecule has 3 nitrogen and oxygen atoms in total. The highest BCUT2D eigenvalue weighted by atomic mass is 32.1. The van der Waals surface area contributed by atoms with Crippen LogP contribution in [0.3, 0.4) is 0 Å². The van der Waals surface area contributed by atoms with E-state index >= 15 is 0 Å². The van der Waals surface area contributed by atoms with E-state index in [0.29, 0.717) is 6.42 Å². The summed E-state index contributed by atoms with van der Waals surface area (Å²) in [5, 5.41) is 6.56. The largest absolute Gasteiger partial charge is 0.370 e. The quantitative estimate of drug-likeness (QED) is 0.614. The smallest absolute Gasteiger partial charge is 0.127 e. The molecule has 0 aliphatic heterocycles. The monoisotopic (exact) mass is 379 g/mol. The van der Waals surface area contributed by atoms with Crippen molar-refractivity contribution in [1.82, 2.24) is 4.37 Å². The Labute approximate surface area is 152 Å². The minimum atomic E-state index is -1.05. The molecule has 3 rings (SSSR count). The molecule has 0 saturated carbocycles. The Morgan fingerprint density at radius 2 is 2.29 bits per heavy atom. The average Bonchev–Trinajstić information content (AvgIpc) is 3.25. The first-order valence-corrected chi connectivity index (χ1v) is 10.1. The molecule has 2 atom stereocenters. The molecule has 0 saturated heterocycles.